The Hall–Kier alpha value is -1.20. The van der Waals surface area contributed by atoms with Crippen LogP contribution in [0.4, 0.5) is 14.5 Å². The van der Waals surface area contributed by atoms with Gasteiger partial charge in [-0.05, 0) is 31.0 Å². The molecule has 1 aromatic rings. The molecule has 1 fully saturated rings. The Balaban J connectivity index is 2.38. The van der Waals surface area contributed by atoms with Crippen LogP contribution < -0.4 is 10.6 Å². The fourth-order valence-electron chi connectivity index (χ4n) is 2.47. The zero-order valence-corrected chi connectivity index (χ0v) is 11.3. The first-order valence-electron chi connectivity index (χ1n) is 6.63. The zero-order valence-electron chi connectivity index (χ0n) is 11.3. The van der Waals surface area contributed by atoms with E-state index in [1.807, 2.05) is 13.8 Å². The van der Waals surface area contributed by atoms with Gasteiger partial charge in [-0.1, -0.05) is 6.92 Å². The molecule has 1 saturated heterocycles. The number of rotatable bonds is 3. The minimum absolute atomic E-state index is 0.00364. The van der Waals surface area contributed by atoms with E-state index in [1.54, 1.807) is 4.90 Å². The molecule has 0 aromatic heterocycles. The first-order valence-corrected chi connectivity index (χ1v) is 6.63. The van der Waals surface area contributed by atoms with Crippen LogP contribution >= 0.6 is 0 Å². The van der Waals surface area contributed by atoms with E-state index in [1.165, 1.54) is 12.1 Å². The third-order valence-corrected chi connectivity index (χ3v) is 3.54. The number of ether oxygens (including phenoxy) is 1. The van der Waals surface area contributed by atoms with Crippen LogP contribution in [0.3, 0.4) is 0 Å². The quantitative estimate of drug-likeness (QED) is 0.916. The molecule has 0 amide bonds. The maximum atomic E-state index is 14.1. The molecule has 0 spiro atoms. The number of nitrogens with two attached hydrogens (primary N) is 1. The summed E-state index contributed by atoms with van der Waals surface area (Å²) in [6, 6.07) is 2.63. The van der Waals surface area contributed by atoms with Crippen molar-refractivity contribution in [3.05, 3.63) is 29.3 Å². The van der Waals surface area contributed by atoms with Gasteiger partial charge >= 0.3 is 0 Å². The lowest BCUT2D eigenvalue weighted by atomic mass is 10.1. The van der Waals surface area contributed by atoms with Gasteiger partial charge in [-0.15, -0.1) is 0 Å². The Morgan fingerprint density at radius 3 is 2.53 bits per heavy atom. The third kappa shape index (κ3) is 2.87. The molecule has 5 heteroatoms. The molecule has 0 saturated carbocycles. The van der Waals surface area contributed by atoms with Gasteiger partial charge in [0.1, 0.15) is 17.3 Å². The van der Waals surface area contributed by atoms with Gasteiger partial charge in [0.05, 0.1) is 18.8 Å². The van der Waals surface area contributed by atoms with Crippen molar-refractivity contribution in [2.24, 2.45) is 5.73 Å². The number of anilines is 1. The molecule has 2 rings (SSSR count). The van der Waals surface area contributed by atoms with E-state index in [9.17, 15) is 8.78 Å². The molecular formula is C14H20F2N2O. The highest BCUT2D eigenvalue weighted by Crippen LogP contribution is 2.30. The minimum atomic E-state index is -0.548. The molecule has 0 bridgehead atoms. The number of hydrogen-bond donors (Lipinski definition) is 1. The summed E-state index contributed by atoms with van der Waals surface area (Å²) in [7, 11) is 0. The van der Waals surface area contributed by atoms with Crippen LogP contribution in [0.5, 0.6) is 0 Å². The van der Waals surface area contributed by atoms with Crippen molar-refractivity contribution < 1.29 is 13.5 Å². The van der Waals surface area contributed by atoms with E-state index >= 15 is 0 Å². The molecule has 19 heavy (non-hydrogen) atoms. The summed E-state index contributed by atoms with van der Waals surface area (Å²) in [5, 5.41) is 0. The highest BCUT2D eigenvalue weighted by atomic mass is 19.1. The molecule has 1 aliphatic heterocycles. The summed E-state index contributed by atoms with van der Waals surface area (Å²) in [4.78, 5) is 1.78. The Morgan fingerprint density at radius 2 is 2.00 bits per heavy atom. The standard InChI is InChI=1S/C14H20F2N2O/c1-3-11-8-19-9(2)7-18(11)14-12(15)4-10(6-17)5-13(14)16/h4-5,9,11H,3,6-8,17H2,1-2H3. The van der Waals surface area contributed by atoms with Crippen LogP contribution in [-0.2, 0) is 11.3 Å². The van der Waals surface area contributed by atoms with Gasteiger partial charge in [-0.2, -0.15) is 0 Å². The number of hydrogen-bond acceptors (Lipinski definition) is 3. The van der Waals surface area contributed by atoms with Gasteiger partial charge in [0.25, 0.3) is 0 Å². The van der Waals surface area contributed by atoms with Gasteiger partial charge in [-0.25, -0.2) is 8.78 Å². The van der Waals surface area contributed by atoms with Gasteiger partial charge in [-0.3, -0.25) is 0 Å². The first kappa shape index (κ1) is 14.2. The van der Waals surface area contributed by atoms with Crippen LogP contribution in [0.25, 0.3) is 0 Å². The summed E-state index contributed by atoms with van der Waals surface area (Å²) in [5.41, 5.74) is 5.93. The SMILES string of the molecule is CCC1COC(C)CN1c1c(F)cc(CN)cc1F. The van der Waals surface area contributed by atoms with E-state index in [-0.39, 0.29) is 24.4 Å². The van der Waals surface area contributed by atoms with Gasteiger partial charge in [0, 0.05) is 13.1 Å². The van der Waals surface area contributed by atoms with Gasteiger partial charge in [0.2, 0.25) is 0 Å². The Labute approximate surface area is 112 Å². The van der Waals surface area contributed by atoms with Crippen LogP contribution in [0.2, 0.25) is 0 Å². The molecule has 106 valence electrons. The van der Waals surface area contributed by atoms with E-state index < -0.39 is 11.6 Å². The van der Waals surface area contributed by atoms with Crippen LogP contribution in [0.1, 0.15) is 25.8 Å². The predicted octanol–water partition coefficient (Wildman–Crippen LogP) is 2.43. The lowest BCUT2D eigenvalue weighted by Gasteiger charge is -2.40. The number of benzene rings is 1. The van der Waals surface area contributed by atoms with Crippen molar-refractivity contribution in [3.63, 3.8) is 0 Å². The number of halogens is 2. The van der Waals surface area contributed by atoms with Crippen molar-refractivity contribution in [3.8, 4) is 0 Å². The Morgan fingerprint density at radius 1 is 1.37 bits per heavy atom. The van der Waals surface area contributed by atoms with Crippen LogP contribution in [-0.4, -0.2) is 25.3 Å². The topological polar surface area (TPSA) is 38.5 Å². The highest BCUT2D eigenvalue weighted by Gasteiger charge is 2.29. The summed E-state index contributed by atoms with van der Waals surface area (Å²) in [5.74, 6) is -1.10. The summed E-state index contributed by atoms with van der Waals surface area (Å²) in [6.45, 7) is 5.01. The lowest BCUT2D eigenvalue weighted by Crippen LogP contribution is -2.49. The van der Waals surface area contributed by atoms with E-state index in [0.29, 0.717) is 18.7 Å². The largest absolute Gasteiger partial charge is 0.375 e. The third-order valence-electron chi connectivity index (χ3n) is 3.54. The fourth-order valence-corrected chi connectivity index (χ4v) is 2.47. The average molecular weight is 270 g/mol. The van der Waals surface area contributed by atoms with Crippen molar-refractivity contribution >= 4 is 5.69 Å². The first-order chi connectivity index (χ1) is 9.06. The fraction of sp³-hybridized carbons (Fsp3) is 0.571. The summed E-state index contributed by atoms with van der Waals surface area (Å²) in [6.07, 6.45) is 0.750. The highest BCUT2D eigenvalue weighted by molar-refractivity contribution is 5.52. The molecule has 1 aromatic carbocycles. The molecular weight excluding hydrogens is 250 g/mol. The second-order valence-corrected chi connectivity index (χ2v) is 4.97. The normalized spacial score (nSPS) is 23.7. The summed E-state index contributed by atoms with van der Waals surface area (Å²) < 4.78 is 33.8. The lowest BCUT2D eigenvalue weighted by molar-refractivity contribution is 0.0294. The molecule has 0 aliphatic carbocycles. The van der Waals surface area contributed by atoms with Crippen LogP contribution in [0, 0.1) is 11.6 Å². The van der Waals surface area contributed by atoms with Gasteiger partial charge < -0.3 is 15.4 Å². The van der Waals surface area contributed by atoms with E-state index in [4.69, 9.17) is 10.5 Å². The molecule has 2 N–H and O–H groups in total. The van der Waals surface area contributed by atoms with E-state index in [2.05, 4.69) is 0 Å². The van der Waals surface area contributed by atoms with Gasteiger partial charge in [0.15, 0.2) is 0 Å². The number of nitrogens with zero attached hydrogens (tertiary/aromatic N) is 1. The maximum Gasteiger partial charge on any atom is 0.149 e. The summed E-state index contributed by atoms with van der Waals surface area (Å²) >= 11 is 0. The van der Waals surface area contributed by atoms with E-state index in [0.717, 1.165) is 6.42 Å². The second-order valence-electron chi connectivity index (χ2n) is 4.97. The van der Waals surface area contributed by atoms with Crippen LogP contribution in [0.15, 0.2) is 12.1 Å². The van der Waals surface area contributed by atoms with Crippen molar-refractivity contribution in [1.82, 2.24) is 0 Å². The molecule has 0 radical (unpaired) electrons. The van der Waals surface area contributed by atoms with Crippen molar-refractivity contribution in [2.75, 3.05) is 18.1 Å². The van der Waals surface area contributed by atoms with Crippen molar-refractivity contribution in [1.29, 1.82) is 0 Å². The predicted molar refractivity (Wildman–Crippen MR) is 71.1 cm³/mol. The maximum absolute atomic E-state index is 14.1. The Kier molecular flexibility index (Phi) is 4.37. The minimum Gasteiger partial charge on any atom is -0.375 e. The molecule has 2 unspecified atom stereocenters. The molecule has 1 heterocycles. The second kappa shape index (κ2) is 5.84. The Bertz CT molecular complexity index is 430. The molecule has 2 atom stereocenters. The number of morpholine rings is 1. The zero-order chi connectivity index (χ0) is 14.0. The average Bonchev–Trinajstić information content (AvgIpc) is 2.38. The molecule has 1 aliphatic rings. The smallest absolute Gasteiger partial charge is 0.149 e. The monoisotopic (exact) mass is 270 g/mol. The molecule has 3 nitrogen and oxygen atoms in total. The van der Waals surface area contributed by atoms with Crippen molar-refractivity contribution in [2.45, 2.75) is 39.0 Å².